The Morgan fingerprint density at radius 2 is 1.36 bits per heavy atom. The van der Waals surface area contributed by atoms with Gasteiger partial charge >= 0.3 is 6.11 Å². The van der Waals surface area contributed by atoms with Crippen molar-refractivity contribution in [2.45, 2.75) is 19.0 Å². The van der Waals surface area contributed by atoms with Gasteiger partial charge in [0.25, 0.3) is 0 Å². The fourth-order valence-corrected chi connectivity index (χ4v) is 4.38. The molecular formula is C31H16Cl2F8O. The monoisotopic (exact) mass is 626 g/mol. The first-order valence-corrected chi connectivity index (χ1v) is 12.7. The van der Waals surface area contributed by atoms with Crippen molar-refractivity contribution in [1.82, 2.24) is 0 Å². The zero-order chi connectivity index (χ0) is 30.8. The van der Waals surface area contributed by atoms with E-state index in [-0.39, 0.29) is 11.1 Å². The molecule has 4 rings (SSSR count). The molecule has 0 amide bonds. The van der Waals surface area contributed by atoms with E-state index in [1.165, 1.54) is 12.1 Å². The van der Waals surface area contributed by atoms with Gasteiger partial charge in [0.1, 0.15) is 40.4 Å². The third-order valence-electron chi connectivity index (χ3n) is 5.89. The quantitative estimate of drug-likeness (QED) is 0.0858. The lowest BCUT2D eigenvalue weighted by atomic mass is 9.99. The van der Waals surface area contributed by atoms with Crippen LogP contribution in [0.5, 0.6) is 5.75 Å². The summed E-state index contributed by atoms with van der Waals surface area (Å²) in [5, 5.41) is -1.34. The van der Waals surface area contributed by atoms with Crippen LogP contribution in [0.3, 0.4) is 0 Å². The number of halogens is 10. The molecule has 42 heavy (non-hydrogen) atoms. The predicted molar refractivity (Wildman–Crippen MR) is 144 cm³/mol. The second-order valence-corrected chi connectivity index (χ2v) is 9.66. The fourth-order valence-electron chi connectivity index (χ4n) is 3.91. The molecular weight excluding hydrogens is 611 g/mol. The summed E-state index contributed by atoms with van der Waals surface area (Å²) in [6.45, 7) is 3.59. The zero-order valence-electron chi connectivity index (χ0n) is 21.1. The van der Waals surface area contributed by atoms with Gasteiger partial charge in [0.2, 0.25) is 0 Å². The molecule has 0 radical (unpaired) electrons. The normalized spacial score (nSPS) is 11.2. The first-order valence-electron chi connectivity index (χ1n) is 11.9. The molecule has 0 heterocycles. The molecule has 0 aliphatic heterocycles. The lowest BCUT2D eigenvalue weighted by Crippen LogP contribution is -2.25. The van der Waals surface area contributed by atoms with E-state index < -0.39 is 73.5 Å². The van der Waals surface area contributed by atoms with E-state index >= 15 is 0 Å². The van der Waals surface area contributed by atoms with Gasteiger partial charge in [-0.15, -0.1) is 6.58 Å². The van der Waals surface area contributed by atoms with Crippen molar-refractivity contribution in [2.24, 2.45) is 0 Å². The highest BCUT2D eigenvalue weighted by Crippen LogP contribution is 2.38. The second-order valence-electron chi connectivity index (χ2n) is 8.84. The molecule has 0 fully saturated rings. The average Bonchev–Trinajstić information content (AvgIpc) is 2.89. The molecule has 4 aromatic rings. The molecule has 4 aromatic carbocycles. The van der Waals surface area contributed by atoms with Crippen molar-refractivity contribution < 1.29 is 39.9 Å². The number of hydrogen-bond acceptors (Lipinski definition) is 1. The van der Waals surface area contributed by atoms with Crippen LogP contribution in [0.25, 0.3) is 11.1 Å². The third-order valence-corrected chi connectivity index (χ3v) is 6.44. The molecule has 1 nitrogen and oxygen atoms in total. The summed E-state index contributed by atoms with van der Waals surface area (Å²) in [6, 6.07) is 7.98. The smallest absolute Gasteiger partial charge is 0.429 e. The lowest BCUT2D eigenvalue weighted by Gasteiger charge is -2.20. The minimum absolute atomic E-state index is 0.0669. The van der Waals surface area contributed by atoms with E-state index in [1.807, 2.05) is 0 Å². The largest absolute Gasteiger partial charge is 0.432 e. The van der Waals surface area contributed by atoms with Gasteiger partial charge in [-0.25, -0.2) is 26.3 Å². The molecule has 0 bridgehead atoms. The maximum absolute atomic E-state index is 14.8. The fraction of sp³-hybridized carbons (Fsp3) is 0.0968. The molecule has 0 saturated carbocycles. The van der Waals surface area contributed by atoms with Crippen LogP contribution in [0, 0.1) is 46.7 Å². The van der Waals surface area contributed by atoms with Crippen molar-refractivity contribution in [3.63, 3.8) is 0 Å². The summed E-state index contributed by atoms with van der Waals surface area (Å²) in [7, 11) is 0. The molecule has 0 unspecified atom stereocenters. The summed E-state index contributed by atoms with van der Waals surface area (Å²) >= 11 is 11.1. The molecule has 0 atom stereocenters. The Morgan fingerprint density at radius 1 is 0.762 bits per heavy atom. The van der Waals surface area contributed by atoms with Crippen molar-refractivity contribution >= 4 is 23.2 Å². The highest BCUT2D eigenvalue weighted by Gasteiger charge is 2.41. The van der Waals surface area contributed by atoms with E-state index in [0.717, 1.165) is 12.1 Å². The number of aryl methyl sites for hydroxylation is 1. The van der Waals surface area contributed by atoms with Gasteiger partial charge in [0.05, 0.1) is 15.6 Å². The van der Waals surface area contributed by atoms with E-state index in [0.29, 0.717) is 42.7 Å². The van der Waals surface area contributed by atoms with E-state index in [1.54, 1.807) is 12.1 Å². The lowest BCUT2D eigenvalue weighted by molar-refractivity contribution is -0.189. The Kier molecular flexibility index (Phi) is 9.19. The molecule has 216 valence electrons. The SMILES string of the molecule is C=CCCc1ccc(-c2cc(F)c(C#Cc3cc(F)c(C(F)(F)Oc4cc(Cl)c(F)c(Cl)c4)c(F)c3)c(F)c2)c(F)c1. The Bertz CT molecular complexity index is 1690. The average molecular weight is 627 g/mol. The van der Waals surface area contributed by atoms with Gasteiger partial charge in [-0.1, -0.05) is 53.3 Å². The highest BCUT2D eigenvalue weighted by atomic mass is 35.5. The Hall–Kier alpha value is -4.00. The molecule has 0 spiro atoms. The number of benzene rings is 4. The molecule has 11 heteroatoms. The van der Waals surface area contributed by atoms with Crippen LogP contribution in [0.2, 0.25) is 10.0 Å². The van der Waals surface area contributed by atoms with Crippen LogP contribution in [0.4, 0.5) is 35.1 Å². The summed E-state index contributed by atoms with van der Waals surface area (Å²) < 4.78 is 121. The number of rotatable bonds is 7. The summed E-state index contributed by atoms with van der Waals surface area (Å²) in [4.78, 5) is 0. The Labute approximate surface area is 245 Å². The first kappa shape index (κ1) is 30.9. The van der Waals surface area contributed by atoms with E-state index in [4.69, 9.17) is 23.2 Å². The van der Waals surface area contributed by atoms with Crippen LogP contribution in [-0.2, 0) is 12.5 Å². The first-order chi connectivity index (χ1) is 19.8. The second kappa shape index (κ2) is 12.5. The van der Waals surface area contributed by atoms with Crippen LogP contribution < -0.4 is 4.74 Å². The van der Waals surface area contributed by atoms with Crippen LogP contribution in [0.15, 0.2) is 67.3 Å². The molecule has 0 aromatic heterocycles. The maximum Gasteiger partial charge on any atom is 0.432 e. The van der Waals surface area contributed by atoms with Crippen molar-refractivity contribution in [1.29, 1.82) is 0 Å². The topological polar surface area (TPSA) is 9.23 Å². The minimum Gasteiger partial charge on any atom is -0.429 e. The standard InChI is InChI=1S/C31H16Cl2F8O/c1-2-3-4-16-5-7-20(24(34)9-16)18-12-25(35)21(26(36)13-18)8-6-17-10-27(37)29(28(38)11-17)31(40,41)42-19-14-22(32)30(39)23(33)15-19/h2,5,7,9-15H,1,3-4H2. The van der Waals surface area contributed by atoms with Crippen LogP contribution in [0.1, 0.15) is 28.7 Å². The van der Waals surface area contributed by atoms with Gasteiger partial charge in [-0.2, -0.15) is 8.78 Å². The van der Waals surface area contributed by atoms with E-state index in [9.17, 15) is 35.1 Å². The molecule has 0 N–H and O–H groups in total. The minimum atomic E-state index is -4.61. The number of allylic oxidation sites excluding steroid dienone is 1. The van der Waals surface area contributed by atoms with Gasteiger partial charge in [-0.05, 0) is 54.3 Å². The molecule has 0 aliphatic rings. The van der Waals surface area contributed by atoms with Gasteiger partial charge in [-0.3, -0.25) is 0 Å². The maximum atomic E-state index is 14.8. The summed E-state index contributed by atoms with van der Waals surface area (Å²) in [5.74, 6) is -4.39. The number of ether oxygens (including phenoxy) is 1. The summed E-state index contributed by atoms with van der Waals surface area (Å²) in [6.07, 6.45) is -1.80. The van der Waals surface area contributed by atoms with Crippen molar-refractivity contribution in [3.05, 3.63) is 134 Å². The van der Waals surface area contributed by atoms with Crippen LogP contribution in [-0.4, -0.2) is 0 Å². The van der Waals surface area contributed by atoms with Gasteiger partial charge in [0.15, 0.2) is 5.82 Å². The molecule has 0 saturated heterocycles. The van der Waals surface area contributed by atoms with Crippen molar-refractivity contribution in [2.75, 3.05) is 0 Å². The Balaban J connectivity index is 1.61. The van der Waals surface area contributed by atoms with E-state index in [2.05, 4.69) is 23.2 Å². The third kappa shape index (κ3) is 6.72. The Morgan fingerprint density at radius 3 is 1.90 bits per heavy atom. The molecule has 0 aliphatic carbocycles. The zero-order valence-corrected chi connectivity index (χ0v) is 22.6. The number of alkyl halides is 2. The van der Waals surface area contributed by atoms with Crippen molar-refractivity contribution in [3.8, 4) is 28.7 Å². The predicted octanol–water partition coefficient (Wildman–Crippen LogP) is 10.1. The van der Waals surface area contributed by atoms with Gasteiger partial charge < -0.3 is 4.74 Å². The van der Waals surface area contributed by atoms with Crippen LogP contribution >= 0.6 is 23.2 Å². The highest BCUT2D eigenvalue weighted by molar-refractivity contribution is 6.35. The van der Waals surface area contributed by atoms with Gasteiger partial charge in [0, 0.05) is 23.3 Å². The summed E-state index contributed by atoms with van der Waals surface area (Å²) in [5.41, 5.74) is -2.67. The number of hydrogen-bond donors (Lipinski definition) is 0.